The van der Waals surface area contributed by atoms with Crippen molar-refractivity contribution in [3.05, 3.63) is 33.9 Å². The van der Waals surface area contributed by atoms with Gasteiger partial charge in [-0.15, -0.1) is 0 Å². The highest BCUT2D eigenvalue weighted by Gasteiger charge is 2.27. The van der Waals surface area contributed by atoms with Crippen LogP contribution in [0.4, 0.5) is 11.4 Å². The third-order valence-electron chi connectivity index (χ3n) is 4.56. The molecule has 7 nitrogen and oxygen atoms in total. The average Bonchev–Trinajstić information content (AvgIpc) is 2.57. The fourth-order valence-corrected chi connectivity index (χ4v) is 3.51. The summed E-state index contributed by atoms with van der Waals surface area (Å²) in [7, 11) is 0. The SMILES string of the molecule is CC1CC(C)CN(c2ccc(C(=O)NCCCCN)cc2[N+](=O)[O-])C1. The molecule has 0 aliphatic carbocycles. The van der Waals surface area contributed by atoms with Gasteiger partial charge >= 0.3 is 0 Å². The first-order valence-electron chi connectivity index (χ1n) is 8.94. The van der Waals surface area contributed by atoms with Gasteiger partial charge in [-0.25, -0.2) is 0 Å². The lowest BCUT2D eigenvalue weighted by Crippen LogP contribution is -2.39. The monoisotopic (exact) mass is 348 g/mol. The molecule has 1 aromatic rings. The fraction of sp³-hybridized carbons (Fsp3) is 0.611. The van der Waals surface area contributed by atoms with Gasteiger partial charge in [-0.2, -0.15) is 0 Å². The van der Waals surface area contributed by atoms with Gasteiger partial charge in [0.1, 0.15) is 5.69 Å². The van der Waals surface area contributed by atoms with Crippen LogP contribution in [0.1, 0.15) is 43.5 Å². The molecule has 1 aliphatic heterocycles. The predicted molar refractivity (Wildman–Crippen MR) is 98.9 cm³/mol. The van der Waals surface area contributed by atoms with Crippen molar-refractivity contribution in [3.8, 4) is 0 Å². The van der Waals surface area contributed by atoms with E-state index in [2.05, 4.69) is 24.1 Å². The van der Waals surface area contributed by atoms with Gasteiger partial charge in [-0.05, 0) is 49.8 Å². The second-order valence-corrected chi connectivity index (χ2v) is 7.06. The minimum atomic E-state index is -0.398. The maximum Gasteiger partial charge on any atom is 0.293 e. The lowest BCUT2D eigenvalue weighted by molar-refractivity contribution is -0.384. The predicted octanol–water partition coefficient (Wildman–Crippen LogP) is 2.55. The number of nitrogens with zero attached hydrogens (tertiary/aromatic N) is 2. The van der Waals surface area contributed by atoms with E-state index in [0.717, 1.165) is 32.4 Å². The van der Waals surface area contributed by atoms with Crippen LogP contribution in [0, 0.1) is 22.0 Å². The summed E-state index contributed by atoms with van der Waals surface area (Å²) in [5.41, 5.74) is 6.34. The Bertz CT molecular complexity index is 610. The minimum Gasteiger partial charge on any atom is -0.365 e. The maximum absolute atomic E-state index is 12.2. The molecular formula is C18H28N4O3. The van der Waals surface area contributed by atoms with Crippen LogP contribution in [-0.2, 0) is 0 Å². The van der Waals surface area contributed by atoms with Crippen molar-refractivity contribution in [1.82, 2.24) is 5.32 Å². The van der Waals surface area contributed by atoms with Crippen LogP contribution in [0.5, 0.6) is 0 Å². The molecule has 2 atom stereocenters. The van der Waals surface area contributed by atoms with Gasteiger partial charge in [0.2, 0.25) is 0 Å². The molecular weight excluding hydrogens is 320 g/mol. The molecule has 25 heavy (non-hydrogen) atoms. The molecule has 0 saturated carbocycles. The van der Waals surface area contributed by atoms with E-state index in [9.17, 15) is 14.9 Å². The highest BCUT2D eigenvalue weighted by Crippen LogP contribution is 2.33. The first kappa shape index (κ1) is 19.2. The lowest BCUT2D eigenvalue weighted by Gasteiger charge is -2.36. The summed E-state index contributed by atoms with van der Waals surface area (Å²) in [6.07, 6.45) is 2.77. The van der Waals surface area contributed by atoms with Crippen molar-refractivity contribution in [3.63, 3.8) is 0 Å². The number of piperidine rings is 1. The molecule has 2 unspecified atom stereocenters. The van der Waals surface area contributed by atoms with Crippen LogP contribution in [0.25, 0.3) is 0 Å². The number of carbonyl (C=O) groups excluding carboxylic acids is 1. The molecule has 0 bridgehead atoms. The number of nitrogens with one attached hydrogen (secondary N) is 1. The van der Waals surface area contributed by atoms with Crippen molar-refractivity contribution in [2.24, 2.45) is 17.6 Å². The third-order valence-corrected chi connectivity index (χ3v) is 4.56. The molecule has 7 heteroatoms. The number of nitro groups is 1. The Morgan fingerprint density at radius 3 is 2.60 bits per heavy atom. The lowest BCUT2D eigenvalue weighted by atomic mass is 9.91. The molecule has 0 aromatic heterocycles. The largest absolute Gasteiger partial charge is 0.365 e. The number of benzene rings is 1. The van der Waals surface area contributed by atoms with Crippen molar-refractivity contribution in [2.75, 3.05) is 31.1 Å². The molecule has 3 N–H and O–H groups in total. The Balaban J connectivity index is 2.17. The first-order chi connectivity index (χ1) is 11.9. The van der Waals surface area contributed by atoms with Crippen LogP contribution in [0.2, 0.25) is 0 Å². The number of nitrogens with two attached hydrogens (primary N) is 1. The summed E-state index contributed by atoms with van der Waals surface area (Å²) < 4.78 is 0. The molecule has 0 radical (unpaired) electrons. The van der Waals surface area contributed by atoms with Crippen molar-refractivity contribution >= 4 is 17.3 Å². The van der Waals surface area contributed by atoms with E-state index in [1.165, 1.54) is 6.07 Å². The Hall–Kier alpha value is -2.15. The molecule has 1 fully saturated rings. The number of nitro benzene ring substituents is 1. The Labute approximate surface area is 148 Å². The zero-order valence-corrected chi connectivity index (χ0v) is 15.0. The summed E-state index contributed by atoms with van der Waals surface area (Å²) in [5, 5.41) is 14.3. The molecule has 1 saturated heterocycles. The Morgan fingerprint density at radius 1 is 1.32 bits per heavy atom. The quantitative estimate of drug-likeness (QED) is 0.448. The number of unbranched alkanes of at least 4 members (excludes halogenated alkanes) is 1. The molecule has 1 heterocycles. The van der Waals surface area contributed by atoms with E-state index in [1.807, 2.05) is 0 Å². The normalized spacial score (nSPS) is 20.4. The van der Waals surface area contributed by atoms with Crippen LogP contribution in [0.3, 0.4) is 0 Å². The van der Waals surface area contributed by atoms with Crippen LogP contribution in [0.15, 0.2) is 18.2 Å². The number of carbonyl (C=O) groups is 1. The summed E-state index contributed by atoms with van der Waals surface area (Å²) in [6, 6.07) is 4.76. The maximum atomic E-state index is 12.2. The summed E-state index contributed by atoms with van der Waals surface area (Å²) in [6.45, 7) is 7.04. The second kappa shape index (κ2) is 8.80. The number of amides is 1. The smallest absolute Gasteiger partial charge is 0.293 e. The molecule has 1 amide bonds. The highest BCUT2D eigenvalue weighted by molar-refractivity contribution is 5.95. The summed E-state index contributed by atoms with van der Waals surface area (Å²) in [5.74, 6) is 0.704. The number of rotatable bonds is 7. The van der Waals surface area contributed by atoms with Crippen molar-refractivity contribution < 1.29 is 9.72 Å². The van der Waals surface area contributed by atoms with Gasteiger partial charge < -0.3 is 16.0 Å². The fourth-order valence-electron chi connectivity index (χ4n) is 3.51. The minimum absolute atomic E-state index is 0.00379. The van der Waals surface area contributed by atoms with E-state index in [-0.39, 0.29) is 11.6 Å². The second-order valence-electron chi connectivity index (χ2n) is 7.06. The third kappa shape index (κ3) is 5.16. The van der Waals surface area contributed by atoms with Crippen LogP contribution in [-0.4, -0.2) is 37.0 Å². The zero-order chi connectivity index (χ0) is 18.4. The van der Waals surface area contributed by atoms with E-state index >= 15 is 0 Å². The number of hydrogen-bond acceptors (Lipinski definition) is 5. The zero-order valence-electron chi connectivity index (χ0n) is 15.0. The summed E-state index contributed by atoms with van der Waals surface area (Å²) in [4.78, 5) is 25.4. The first-order valence-corrected chi connectivity index (χ1v) is 8.94. The Morgan fingerprint density at radius 2 is 2.00 bits per heavy atom. The van der Waals surface area contributed by atoms with E-state index < -0.39 is 4.92 Å². The highest BCUT2D eigenvalue weighted by atomic mass is 16.6. The van der Waals surface area contributed by atoms with Crippen molar-refractivity contribution in [1.29, 1.82) is 0 Å². The molecule has 0 spiro atoms. The summed E-state index contributed by atoms with van der Waals surface area (Å²) >= 11 is 0. The van der Waals surface area contributed by atoms with Crippen LogP contribution >= 0.6 is 0 Å². The van der Waals surface area contributed by atoms with Crippen molar-refractivity contribution in [2.45, 2.75) is 33.1 Å². The molecule has 1 aromatic carbocycles. The van der Waals surface area contributed by atoms with E-state index in [1.54, 1.807) is 12.1 Å². The molecule has 1 aliphatic rings. The Kier molecular flexibility index (Phi) is 6.75. The van der Waals surface area contributed by atoms with Gasteiger partial charge in [0, 0.05) is 31.3 Å². The van der Waals surface area contributed by atoms with Gasteiger partial charge in [0.15, 0.2) is 0 Å². The molecule has 2 rings (SSSR count). The number of anilines is 1. The van der Waals surface area contributed by atoms with Gasteiger partial charge in [0.05, 0.1) is 4.92 Å². The number of hydrogen-bond donors (Lipinski definition) is 2. The molecule has 138 valence electrons. The van der Waals surface area contributed by atoms with Gasteiger partial charge in [-0.1, -0.05) is 13.8 Å². The van der Waals surface area contributed by atoms with Gasteiger partial charge in [0.25, 0.3) is 11.6 Å². The van der Waals surface area contributed by atoms with Crippen LogP contribution < -0.4 is 16.0 Å². The van der Waals surface area contributed by atoms with E-state index in [4.69, 9.17) is 5.73 Å². The average molecular weight is 348 g/mol. The van der Waals surface area contributed by atoms with E-state index in [0.29, 0.717) is 36.2 Å². The topological polar surface area (TPSA) is 102 Å². The van der Waals surface area contributed by atoms with Gasteiger partial charge in [-0.3, -0.25) is 14.9 Å². The standard InChI is InChI=1S/C18H28N4O3/c1-13-9-14(2)12-21(11-13)16-6-5-15(10-17(16)22(24)25)18(23)20-8-4-3-7-19/h5-6,10,13-14H,3-4,7-9,11-12,19H2,1-2H3,(H,20,23).